The van der Waals surface area contributed by atoms with Gasteiger partial charge in [0.15, 0.2) is 17.5 Å². The van der Waals surface area contributed by atoms with Crippen molar-refractivity contribution >= 4 is 35.8 Å². The second kappa shape index (κ2) is 13.7. The summed E-state index contributed by atoms with van der Waals surface area (Å²) < 4.78 is 10.6. The average Bonchev–Trinajstić information content (AvgIpc) is 2.74. The van der Waals surface area contributed by atoms with E-state index in [0.717, 1.165) is 17.7 Å². The van der Waals surface area contributed by atoms with Crippen molar-refractivity contribution < 1.29 is 14.3 Å². The van der Waals surface area contributed by atoms with E-state index in [1.54, 1.807) is 14.2 Å². The van der Waals surface area contributed by atoms with Crippen LogP contribution in [0.5, 0.6) is 11.5 Å². The lowest BCUT2D eigenvalue weighted by Crippen LogP contribution is -2.41. The molecule has 0 bridgehead atoms. The first-order chi connectivity index (χ1) is 14.1. The molecule has 0 unspecified atom stereocenters. The van der Waals surface area contributed by atoms with Crippen molar-refractivity contribution in [2.24, 2.45) is 4.99 Å². The van der Waals surface area contributed by atoms with Crippen molar-refractivity contribution in [2.45, 2.75) is 20.4 Å². The Morgan fingerprint density at radius 2 is 1.70 bits per heavy atom. The topological polar surface area (TPSA) is 84.0 Å². The summed E-state index contributed by atoms with van der Waals surface area (Å²) >= 11 is 0. The van der Waals surface area contributed by atoms with E-state index in [-0.39, 0.29) is 29.9 Å². The molecule has 0 heterocycles. The fourth-order valence-corrected chi connectivity index (χ4v) is 2.74. The number of aryl methyl sites for hydroxylation is 1. The number of rotatable bonds is 9. The van der Waals surface area contributed by atoms with E-state index in [0.29, 0.717) is 42.7 Å². The molecule has 2 aromatic carbocycles. The maximum absolute atomic E-state index is 12.2. The van der Waals surface area contributed by atoms with Crippen LogP contribution in [0.4, 0.5) is 0 Å². The van der Waals surface area contributed by atoms with E-state index in [2.05, 4.69) is 20.9 Å². The number of nitrogens with one attached hydrogen (secondary N) is 3. The molecule has 2 rings (SSSR count). The van der Waals surface area contributed by atoms with Crippen LogP contribution in [0.2, 0.25) is 0 Å². The number of aliphatic imine (C=N–C) groups is 1. The summed E-state index contributed by atoms with van der Waals surface area (Å²) in [5.74, 6) is 1.97. The van der Waals surface area contributed by atoms with Crippen molar-refractivity contribution in [3.63, 3.8) is 0 Å². The quantitative estimate of drug-likeness (QED) is 0.203. The van der Waals surface area contributed by atoms with E-state index >= 15 is 0 Å². The molecule has 8 heteroatoms. The van der Waals surface area contributed by atoms with Crippen LogP contribution < -0.4 is 25.4 Å². The molecule has 0 atom stereocenters. The monoisotopic (exact) mass is 526 g/mol. The maximum atomic E-state index is 12.2. The summed E-state index contributed by atoms with van der Waals surface area (Å²) in [4.78, 5) is 16.8. The fourth-order valence-electron chi connectivity index (χ4n) is 2.74. The van der Waals surface area contributed by atoms with Gasteiger partial charge < -0.3 is 25.4 Å². The number of guanidine groups is 1. The Hall–Kier alpha value is -2.49. The number of benzene rings is 2. The lowest BCUT2D eigenvalue weighted by atomic mass is 10.1. The second-order valence-corrected chi connectivity index (χ2v) is 6.44. The van der Waals surface area contributed by atoms with Crippen LogP contribution >= 0.6 is 24.0 Å². The minimum absolute atomic E-state index is 0. The van der Waals surface area contributed by atoms with E-state index in [1.165, 1.54) is 0 Å². The lowest BCUT2D eigenvalue weighted by Gasteiger charge is -2.13. The number of amides is 1. The minimum Gasteiger partial charge on any atom is -0.493 e. The van der Waals surface area contributed by atoms with Crippen LogP contribution in [-0.2, 0) is 6.54 Å². The number of nitrogens with zero attached hydrogens (tertiary/aromatic N) is 1. The van der Waals surface area contributed by atoms with E-state index < -0.39 is 0 Å². The molecule has 3 N–H and O–H groups in total. The molecular formula is C22H31IN4O3. The summed E-state index contributed by atoms with van der Waals surface area (Å²) in [7, 11) is 3.22. The molecule has 0 spiro atoms. The summed E-state index contributed by atoms with van der Waals surface area (Å²) in [6.07, 6.45) is 0. The van der Waals surface area contributed by atoms with Crippen LogP contribution in [-0.4, -0.2) is 45.7 Å². The van der Waals surface area contributed by atoms with Gasteiger partial charge in [0, 0.05) is 25.2 Å². The van der Waals surface area contributed by atoms with Crippen molar-refractivity contribution in [3.05, 3.63) is 59.2 Å². The third-order valence-corrected chi connectivity index (χ3v) is 4.20. The van der Waals surface area contributed by atoms with Gasteiger partial charge in [-0.1, -0.05) is 23.8 Å². The number of carbonyl (C=O) groups is 1. The Bertz CT molecular complexity index is 843. The molecule has 0 aliphatic carbocycles. The molecule has 0 saturated carbocycles. The van der Waals surface area contributed by atoms with Crippen LogP contribution in [0.3, 0.4) is 0 Å². The van der Waals surface area contributed by atoms with Gasteiger partial charge in [0.05, 0.1) is 20.8 Å². The highest BCUT2D eigenvalue weighted by Gasteiger charge is 2.06. The first kappa shape index (κ1) is 25.5. The van der Waals surface area contributed by atoms with Gasteiger partial charge in [0.1, 0.15) is 0 Å². The van der Waals surface area contributed by atoms with Gasteiger partial charge in [-0.3, -0.25) is 4.79 Å². The zero-order valence-corrected chi connectivity index (χ0v) is 20.3. The molecular weight excluding hydrogens is 495 g/mol. The molecule has 0 aliphatic rings. The number of ether oxygens (including phenoxy) is 2. The van der Waals surface area contributed by atoms with E-state index in [4.69, 9.17) is 9.47 Å². The highest BCUT2D eigenvalue weighted by Crippen LogP contribution is 2.27. The Kier molecular flexibility index (Phi) is 11.7. The van der Waals surface area contributed by atoms with E-state index in [9.17, 15) is 4.79 Å². The van der Waals surface area contributed by atoms with Crippen molar-refractivity contribution in [3.8, 4) is 11.5 Å². The van der Waals surface area contributed by atoms with Gasteiger partial charge in [-0.2, -0.15) is 0 Å². The van der Waals surface area contributed by atoms with Crippen LogP contribution in [0.15, 0.2) is 47.5 Å². The normalized spacial score (nSPS) is 10.6. The largest absolute Gasteiger partial charge is 0.493 e. The number of halogens is 1. The SMILES string of the molecule is CCNC(=NCc1ccc(OC)c(OC)c1)NCCNC(=O)c1cccc(C)c1.I. The third-order valence-electron chi connectivity index (χ3n) is 4.20. The van der Waals surface area contributed by atoms with Crippen LogP contribution in [0, 0.1) is 6.92 Å². The van der Waals surface area contributed by atoms with Gasteiger partial charge in [-0.05, 0) is 43.7 Å². The first-order valence-electron chi connectivity index (χ1n) is 9.65. The number of hydrogen-bond donors (Lipinski definition) is 3. The zero-order valence-electron chi connectivity index (χ0n) is 18.0. The van der Waals surface area contributed by atoms with E-state index in [1.807, 2.05) is 56.3 Å². The van der Waals surface area contributed by atoms with Crippen LogP contribution in [0.1, 0.15) is 28.4 Å². The Balaban J connectivity index is 0.00000450. The highest BCUT2D eigenvalue weighted by atomic mass is 127. The van der Waals surface area contributed by atoms with Gasteiger partial charge in [-0.25, -0.2) is 4.99 Å². The molecule has 164 valence electrons. The average molecular weight is 526 g/mol. The molecule has 2 aromatic rings. The predicted octanol–water partition coefficient (Wildman–Crippen LogP) is 3.12. The molecule has 0 radical (unpaired) electrons. The fraction of sp³-hybridized carbons (Fsp3) is 0.364. The van der Waals surface area contributed by atoms with Crippen molar-refractivity contribution in [2.75, 3.05) is 33.9 Å². The standard InChI is InChI=1S/C22H30N4O3.HI/c1-5-23-22(26-15-17-9-10-19(28-3)20(14-17)29-4)25-12-11-24-21(27)18-8-6-7-16(2)13-18;/h6-10,13-14H,5,11-12,15H2,1-4H3,(H,24,27)(H2,23,25,26);1H. The Morgan fingerprint density at radius 3 is 2.37 bits per heavy atom. The smallest absolute Gasteiger partial charge is 0.251 e. The maximum Gasteiger partial charge on any atom is 0.251 e. The van der Waals surface area contributed by atoms with Crippen molar-refractivity contribution in [1.82, 2.24) is 16.0 Å². The van der Waals surface area contributed by atoms with Gasteiger partial charge in [0.25, 0.3) is 5.91 Å². The molecule has 1 amide bonds. The second-order valence-electron chi connectivity index (χ2n) is 6.44. The van der Waals surface area contributed by atoms with Gasteiger partial charge >= 0.3 is 0 Å². The molecule has 0 fully saturated rings. The van der Waals surface area contributed by atoms with Gasteiger partial charge in [-0.15, -0.1) is 24.0 Å². The van der Waals surface area contributed by atoms with Crippen LogP contribution in [0.25, 0.3) is 0 Å². The molecule has 0 saturated heterocycles. The van der Waals surface area contributed by atoms with Crippen molar-refractivity contribution in [1.29, 1.82) is 0 Å². The summed E-state index contributed by atoms with van der Waals surface area (Å²) in [5.41, 5.74) is 2.74. The number of carbonyl (C=O) groups excluding carboxylic acids is 1. The zero-order chi connectivity index (χ0) is 21.1. The summed E-state index contributed by atoms with van der Waals surface area (Å²) in [6, 6.07) is 13.3. The molecule has 7 nitrogen and oxygen atoms in total. The Labute approximate surface area is 195 Å². The minimum atomic E-state index is -0.0808. The Morgan fingerprint density at radius 1 is 0.967 bits per heavy atom. The summed E-state index contributed by atoms with van der Waals surface area (Å²) in [5, 5.41) is 9.34. The predicted molar refractivity (Wildman–Crippen MR) is 131 cm³/mol. The lowest BCUT2D eigenvalue weighted by molar-refractivity contribution is 0.0954. The molecule has 0 aromatic heterocycles. The third kappa shape index (κ3) is 8.10. The highest BCUT2D eigenvalue weighted by molar-refractivity contribution is 14.0. The van der Waals surface area contributed by atoms with Gasteiger partial charge in [0.2, 0.25) is 0 Å². The molecule has 0 aliphatic heterocycles. The first-order valence-corrected chi connectivity index (χ1v) is 9.65. The number of hydrogen-bond acceptors (Lipinski definition) is 4. The number of methoxy groups -OCH3 is 2. The summed E-state index contributed by atoms with van der Waals surface area (Å²) in [6.45, 7) is 6.27. The molecule has 30 heavy (non-hydrogen) atoms.